The van der Waals surface area contributed by atoms with E-state index in [0.29, 0.717) is 57.4 Å². The number of esters is 1. The predicted octanol–water partition coefficient (Wildman–Crippen LogP) is 4.68. The second kappa shape index (κ2) is 21.2. The minimum absolute atomic E-state index is 0.00994. The number of cyclic esters (lactones) is 1. The summed E-state index contributed by atoms with van der Waals surface area (Å²) in [7, 11) is 5.34. The first-order chi connectivity index (χ1) is 27.9. The smallest absolute Gasteiger partial charge is 0.410 e. The van der Waals surface area contributed by atoms with Crippen LogP contribution >= 0.6 is 0 Å². The first-order valence-electron chi connectivity index (χ1n) is 21.3. The van der Waals surface area contributed by atoms with Crippen molar-refractivity contribution in [3.8, 4) is 11.3 Å². The maximum atomic E-state index is 14.1. The highest BCUT2D eigenvalue weighted by Crippen LogP contribution is 2.39. The van der Waals surface area contributed by atoms with Gasteiger partial charge in [-0.25, -0.2) is 4.79 Å². The van der Waals surface area contributed by atoms with Crippen molar-refractivity contribution in [2.45, 2.75) is 154 Å². The third kappa shape index (κ3) is 11.6. The number of ketones is 1. The van der Waals surface area contributed by atoms with Gasteiger partial charge in [0.05, 0.1) is 23.9 Å². The molecular formula is C43H71N7O9. The number of hydrogen-bond donors (Lipinski definition) is 3. The average Bonchev–Trinajstić information content (AvgIpc) is 3.77. The molecule has 0 aliphatic carbocycles. The molecule has 59 heavy (non-hydrogen) atoms. The number of aryl methyl sites for hydroxylation is 1. The van der Waals surface area contributed by atoms with Crippen LogP contribution in [0, 0.1) is 11.8 Å². The lowest BCUT2D eigenvalue weighted by Crippen LogP contribution is -2.61. The molecule has 0 spiro atoms. The number of nitrogen functional groups attached to an aromatic ring is 1. The number of aliphatic hydroxyl groups excluding tert-OH is 1. The molecule has 332 valence electrons. The summed E-state index contributed by atoms with van der Waals surface area (Å²) in [5, 5.41) is 23.8. The number of aliphatic hydroxyl groups is 1. The van der Waals surface area contributed by atoms with E-state index in [1.165, 1.54) is 6.92 Å². The Hall–Kier alpha value is -3.67. The summed E-state index contributed by atoms with van der Waals surface area (Å²) >= 11 is 0. The number of aromatic nitrogens is 3. The van der Waals surface area contributed by atoms with Crippen LogP contribution in [-0.2, 0) is 39.8 Å². The maximum absolute atomic E-state index is 14.1. The summed E-state index contributed by atoms with van der Waals surface area (Å²) in [6.45, 7) is 16.8. The number of carbonyl (C=O) groups excluding carboxylic acids is 3. The number of benzene rings is 1. The van der Waals surface area contributed by atoms with Crippen LogP contribution in [0.25, 0.3) is 11.3 Å². The Labute approximate surface area is 350 Å². The number of carbonyl (C=O) groups is 3. The summed E-state index contributed by atoms with van der Waals surface area (Å²) in [6, 6.07) is 6.40. The van der Waals surface area contributed by atoms with Gasteiger partial charge in [-0.05, 0) is 105 Å². The maximum Gasteiger partial charge on any atom is 0.410 e. The number of likely N-dealkylation sites (N-methyl/N-ethyl adjacent to an activating group) is 1. The largest absolute Gasteiger partial charge is 0.458 e. The van der Waals surface area contributed by atoms with Gasteiger partial charge in [0, 0.05) is 56.6 Å². The van der Waals surface area contributed by atoms with Gasteiger partial charge >= 0.3 is 12.1 Å². The first kappa shape index (κ1) is 48.0. The van der Waals surface area contributed by atoms with Crippen LogP contribution in [0.4, 0.5) is 10.5 Å². The van der Waals surface area contributed by atoms with Crippen molar-refractivity contribution in [3.63, 3.8) is 0 Å². The van der Waals surface area contributed by atoms with E-state index in [4.69, 9.17) is 29.4 Å². The van der Waals surface area contributed by atoms with Crippen molar-refractivity contribution >= 4 is 23.5 Å². The third-order valence-electron chi connectivity index (χ3n) is 12.3. The van der Waals surface area contributed by atoms with Gasteiger partial charge in [0.2, 0.25) is 0 Å². The molecule has 11 atom stereocenters. The van der Waals surface area contributed by atoms with E-state index in [2.05, 4.69) is 22.6 Å². The molecule has 16 heteroatoms. The lowest BCUT2D eigenvalue weighted by Gasteiger charge is -2.42. The van der Waals surface area contributed by atoms with E-state index in [0.717, 1.165) is 11.3 Å². The number of amides is 1. The van der Waals surface area contributed by atoms with Crippen LogP contribution in [0.15, 0.2) is 30.5 Å². The Morgan fingerprint density at radius 1 is 1.10 bits per heavy atom. The standard InChI is InChI=1S/C43H71N7O9/c1-12-33(48(9)10)37(52)40(56-14-3)58-36-23-34(51)28(5)39(53)57-35(13-2)43(8)38(29(6)45-25-27(4)24-42(36,7)55-11)50(41(54)59-43)21-16-15-20-49-26-32(46-47-49)30-18-17-19-31(44)22-30/h17-19,22,26-29,33,35-38,40,45,52H,12-16,20-21,23-25,44H2,1-11H3/t27-,28-,29-,33?,35-,36-,37?,38-,40+,42+,43-/m1/s1. The molecule has 1 aromatic heterocycles. The normalized spacial score (nSPS) is 30.3. The van der Waals surface area contributed by atoms with Crippen molar-refractivity contribution in [2.75, 3.05) is 46.6 Å². The molecule has 2 saturated heterocycles. The van der Waals surface area contributed by atoms with Crippen molar-refractivity contribution in [3.05, 3.63) is 30.5 Å². The molecule has 1 aromatic carbocycles. The summed E-state index contributed by atoms with van der Waals surface area (Å²) in [4.78, 5) is 45.4. The number of hydrogen-bond acceptors (Lipinski definition) is 14. The van der Waals surface area contributed by atoms with Crippen LogP contribution in [0.3, 0.4) is 0 Å². The molecule has 2 aliphatic heterocycles. The van der Waals surface area contributed by atoms with Gasteiger partial charge < -0.3 is 44.7 Å². The monoisotopic (exact) mass is 830 g/mol. The lowest BCUT2D eigenvalue weighted by atomic mass is 9.83. The number of anilines is 1. The predicted molar refractivity (Wildman–Crippen MR) is 224 cm³/mol. The summed E-state index contributed by atoms with van der Waals surface area (Å²) in [5.74, 6) is -2.30. The fourth-order valence-electron chi connectivity index (χ4n) is 8.77. The number of methoxy groups -OCH3 is 1. The molecule has 4 rings (SSSR count). The summed E-state index contributed by atoms with van der Waals surface area (Å²) in [5.41, 5.74) is 5.96. The van der Waals surface area contributed by atoms with Gasteiger partial charge in [0.25, 0.3) is 0 Å². The van der Waals surface area contributed by atoms with E-state index in [9.17, 15) is 19.5 Å². The molecule has 2 aromatic rings. The Morgan fingerprint density at radius 3 is 2.44 bits per heavy atom. The van der Waals surface area contributed by atoms with Crippen molar-refractivity contribution in [1.29, 1.82) is 0 Å². The number of nitrogens with zero attached hydrogens (tertiary/aromatic N) is 5. The van der Waals surface area contributed by atoms with Gasteiger partial charge in [0.1, 0.15) is 29.6 Å². The quantitative estimate of drug-likeness (QED) is 0.0695. The highest BCUT2D eigenvalue weighted by atomic mass is 16.7. The minimum atomic E-state index is -1.23. The SMILES string of the molecule is CCO[C@@H](O[C@@H]1CC(=O)[C@@H](C)C(=O)O[C@H](CC)[C@@]2(C)OC(=O)N(CCCCn3cc(-c4cccc(N)c4)nn3)[C@@H]2[C@@H](C)NC[C@H](C)C[C@]1(C)OC)C(O)C(CC)N(C)C. The second-order valence-corrected chi connectivity index (χ2v) is 17.0. The van der Waals surface area contributed by atoms with Crippen LogP contribution in [-0.4, -0.2) is 143 Å². The Bertz CT molecular complexity index is 1680. The average molecular weight is 830 g/mol. The van der Waals surface area contributed by atoms with E-state index in [1.54, 1.807) is 16.7 Å². The molecule has 2 aliphatic rings. The Kier molecular flexibility index (Phi) is 17.3. The van der Waals surface area contributed by atoms with E-state index >= 15 is 0 Å². The minimum Gasteiger partial charge on any atom is -0.458 e. The molecule has 2 fully saturated rings. The van der Waals surface area contributed by atoms with Crippen LogP contribution in [0.2, 0.25) is 0 Å². The zero-order valence-corrected chi connectivity index (χ0v) is 37.2. The summed E-state index contributed by atoms with van der Waals surface area (Å²) in [6.07, 6.45) is 0.181. The van der Waals surface area contributed by atoms with Crippen LogP contribution < -0.4 is 11.1 Å². The van der Waals surface area contributed by atoms with E-state index in [1.807, 2.05) is 91.0 Å². The van der Waals surface area contributed by atoms with Gasteiger partial charge in [-0.3, -0.25) is 19.2 Å². The zero-order valence-electron chi connectivity index (χ0n) is 37.2. The second-order valence-electron chi connectivity index (χ2n) is 17.0. The van der Waals surface area contributed by atoms with Crippen molar-refractivity contribution in [2.24, 2.45) is 11.8 Å². The van der Waals surface area contributed by atoms with Crippen LogP contribution in [0.1, 0.15) is 93.9 Å². The van der Waals surface area contributed by atoms with Gasteiger partial charge in [-0.2, -0.15) is 0 Å². The van der Waals surface area contributed by atoms with Crippen molar-refractivity contribution in [1.82, 2.24) is 30.1 Å². The van der Waals surface area contributed by atoms with Crippen molar-refractivity contribution < 1.29 is 43.2 Å². The first-order valence-corrected chi connectivity index (χ1v) is 21.3. The third-order valence-corrected chi connectivity index (χ3v) is 12.3. The number of unbranched alkanes of at least 4 members (excludes halogenated alkanes) is 1. The highest BCUT2D eigenvalue weighted by Gasteiger charge is 2.58. The molecule has 0 radical (unpaired) electrons. The Balaban J connectivity index is 1.58. The number of nitrogens with two attached hydrogens (primary N) is 1. The topological polar surface area (TPSA) is 193 Å². The highest BCUT2D eigenvalue weighted by molar-refractivity contribution is 5.99. The number of rotatable bonds is 16. The Morgan fingerprint density at radius 2 is 1.81 bits per heavy atom. The fraction of sp³-hybridized carbons (Fsp3) is 0.744. The molecule has 3 heterocycles. The molecular weight excluding hydrogens is 759 g/mol. The summed E-state index contributed by atoms with van der Waals surface area (Å²) < 4.78 is 32.9. The fourth-order valence-corrected chi connectivity index (χ4v) is 8.77. The molecule has 1 amide bonds. The molecule has 0 bridgehead atoms. The number of nitrogens with one attached hydrogen (secondary N) is 1. The molecule has 2 unspecified atom stereocenters. The molecule has 0 saturated carbocycles. The van der Waals surface area contributed by atoms with Crippen LogP contribution in [0.5, 0.6) is 0 Å². The van der Waals surface area contributed by atoms with Gasteiger partial charge in [-0.1, -0.05) is 38.1 Å². The molecule has 16 nitrogen and oxygen atoms in total. The number of ether oxygens (including phenoxy) is 5. The molecule has 4 N–H and O–H groups in total. The van der Waals surface area contributed by atoms with E-state index in [-0.39, 0.29) is 31.0 Å². The van der Waals surface area contributed by atoms with Gasteiger partial charge in [0.15, 0.2) is 11.9 Å². The van der Waals surface area contributed by atoms with E-state index < -0.39 is 65.6 Å². The zero-order chi connectivity index (χ0) is 43.7. The lowest BCUT2D eigenvalue weighted by molar-refractivity contribution is -0.258. The van der Waals surface area contributed by atoms with Gasteiger partial charge in [-0.15, -0.1) is 5.10 Å². The number of Topliss-reactive ketones (excluding diaryl/α,β-unsaturated/α-hetero) is 1. The number of fused-ring (bicyclic) bond motifs is 1.